The molecule has 246 valence electrons. The highest BCUT2D eigenvalue weighted by atomic mass is 16.4. The number of carboxylic acid groups (broad SMARTS) is 3. The van der Waals surface area contributed by atoms with E-state index >= 15 is 0 Å². The Balaban J connectivity index is 0.000000231. The maximum atomic E-state index is 10.4. The number of aromatic carboxylic acids is 3. The van der Waals surface area contributed by atoms with Gasteiger partial charge in [-0.2, -0.15) is 15.8 Å². The van der Waals surface area contributed by atoms with Crippen LogP contribution in [0.25, 0.3) is 10.8 Å². The molecule has 11 heteroatoms. The first-order valence-corrected chi connectivity index (χ1v) is 14.5. The summed E-state index contributed by atoms with van der Waals surface area (Å²) >= 11 is 0. The van der Waals surface area contributed by atoms with Gasteiger partial charge in [0, 0.05) is 19.7 Å². The molecule has 0 atom stereocenters. The number of hydrogen-bond acceptors (Lipinski definition) is 8. The summed E-state index contributed by atoms with van der Waals surface area (Å²) in [5.41, 5.74) is 3.20. The lowest BCUT2D eigenvalue weighted by Gasteiger charge is -2.18. The number of carboxylic acids is 3. The quantitative estimate of drug-likeness (QED) is 0.248. The number of hydrogen-bond donors (Lipinski definition) is 3. The summed E-state index contributed by atoms with van der Waals surface area (Å²) in [5.74, 6) is -3.45. The molecule has 0 radical (unpaired) electrons. The number of fused-ring (bicyclic) bond motifs is 1. The molecule has 11 nitrogen and oxygen atoms in total. The van der Waals surface area contributed by atoms with Crippen molar-refractivity contribution < 1.29 is 34.6 Å². The molecule has 49 heavy (non-hydrogen) atoms. The van der Waals surface area contributed by atoms with Crippen LogP contribution in [0.3, 0.4) is 0 Å². The van der Waals surface area contributed by atoms with E-state index in [2.05, 4.69) is 69.5 Å². The molecule has 0 amide bonds. The van der Waals surface area contributed by atoms with Crippen LogP contribution in [0, 0.1) is 34.0 Å². The van der Waals surface area contributed by atoms with E-state index in [-0.39, 0.29) is 33.4 Å². The Morgan fingerprint density at radius 3 is 1.33 bits per heavy atom. The molecular weight excluding hydrogens is 622 g/mol. The maximum absolute atomic E-state index is 10.4. The highest BCUT2D eigenvalue weighted by Gasteiger charge is 2.12. The normalized spacial score (nSPS) is 9.43. The van der Waals surface area contributed by atoms with Gasteiger partial charge in [0.25, 0.3) is 0 Å². The van der Waals surface area contributed by atoms with Crippen molar-refractivity contribution in [2.24, 2.45) is 0 Å². The number of benzene rings is 5. The minimum atomic E-state index is -1.32. The first-order valence-electron chi connectivity index (χ1n) is 14.5. The number of carbonyl (C=O) groups excluding carboxylic acids is 1. The molecule has 5 aromatic rings. The number of nitrogens with one attached hydrogen (secondary N) is 1. The van der Waals surface area contributed by atoms with E-state index in [1.54, 1.807) is 54.6 Å². The Morgan fingerprint density at radius 1 is 0.612 bits per heavy atom. The summed E-state index contributed by atoms with van der Waals surface area (Å²) in [6.07, 6.45) is 0. The van der Waals surface area contributed by atoms with E-state index in [4.69, 9.17) is 26.0 Å². The summed E-state index contributed by atoms with van der Waals surface area (Å²) in [6.45, 7) is 0. The van der Waals surface area contributed by atoms with E-state index in [0.717, 1.165) is 0 Å². The summed E-state index contributed by atoms with van der Waals surface area (Å²) in [7, 11) is 8.52. The van der Waals surface area contributed by atoms with E-state index in [9.17, 15) is 19.5 Å². The van der Waals surface area contributed by atoms with E-state index < -0.39 is 17.9 Å². The molecule has 0 aromatic heterocycles. The average molecular weight is 656 g/mol. The molecule has 0 spiro atoms. The monoisotopic (exact) mass is 655 g/mol. The van der Waals surface area contributed by atoms with Gasteiger partial charge in [-0.25, -0.2) is 9.59 Å². The smallest absolute Gasteiger partial charge is 0.337 e. The first kappa shape index (κ1) is 38.2. The van der Waals surface area contributed by atoms with Crippen molar-refractivity contribution in [2.45, 2.75) is 0 Å². The van der Waals surface area contributed by atoms with Crippen LogP contribution in [-0.4, -0.2) is 56.3 Å². The van der Waals surface area contributed by atoms with Crippen LogP contribution in [0.1, 0.15) is 47.8 Å². The van der Waals surface area contributed by atoms with E-state index in [1.165, 1.54) is 63.4 Å². The zero-order chi connectivity index (χ0) is 36.5. The van der Waals surface area contributed by atoms with Crippen molar-refractivity contribution in [3.8, 4) is 18.2 Å². The van der Waals surface area contributed by atoms with Gasteiger partial charge in [0.1, 0.15) is 17.8 Å². The van der Waals surface area contributed by atoms with Crippen LogP contribution in [0.2, 0.25) is 0 Å². The number of quaternary nitrogens is 1. The fourth-order valence-electron chi connectivity index (χ4n) is 4.40. The van der Waals surface area contributed by atoms with Gasteiger partial charge in [-0.15, -0.1) is 0 Å². The Kier molecular flexibility index (Phi) is 14.7. The van der Waals surface area contributed by atoms with Gasteiger partial charge < -0.3 is 29.9 Å². The SMILES string of the molecule is CN(C)c1cccc2cccc([NH+](C)C)c12.N#Cc1ccccc1C(=O)O.N#Cc1ccccc1C(=O)O.N#Cc1ccccc1C(=O)[O-]. The summed E-state index contributed by atoms with van der Waals surface area (Å²) in [6, 6.07) is 36.4. The van der Waals surface area contributed by atoms with Crippen molar-refractivity contribution >= 4 is 40.1 Å². The summed E-state index contributed by atoms with van der Waals surface area (Å²) in [4.78, 5) is 34.7. The Bertz CT molecular complexity index is 1870. The predicted molar refractivity (Wildman–Crippen MR) is 182 cm³/mol. The maximum Gasteiger partial charge on any atom is 0.337 e. The van der Waals surface area contributed by atoms with Gasteiger partial charge in [-0.3, -0.25) is 0 Å². The minimum Gasteiger partial charge on any atom is -0.545 e. The molecule has 3 N–H and O–H groups in total. The van der Waals surface area contributed by atoms with Crippen LogP contribution in [0.5, 0.6) is 0 Å². The third-order valence-electron chi connectivity index (χ3n) is 6.73. The number of anilines is 1. The highest BCUT2D eigenvalue weighted by molar-refractivity contribution is 6.01. The van der Waals surface area contributed by atoms with Gasteiger partial charge in [0.2, 0.25) is 0 Å². The Morgan fingerprint density at radius 2 is 1.00 bits per heavy atom. The molecule has 0 unspecified atom stereocenters. The predicted octanol–water partition coefficient (Wildman–Crippen LogP) is 4.12. The van der Waals surface area contributed by atoms with E-state index in [1.807, 2.05) is 0 Å². The Hall–Kier alpha value is -7.00. The van der Waals surface area contributed by atoms with Crippen LogP contribution >= 0.6 is 0 Å². The summed E-state index contributed by atoms with van der Waals surface area (Å²) in [5, 5.41) is 55.4. The molecule has 0 saturated heterocycles. The molecule has 0 heterocycles. The average Bonchev–Trinajstić information content (AvgIpc) is 3.11. The fourth-order valence-corrected chi connectivity index (χ4v) is 4.40. The molecule has 0 bridgehead atoms. The zero-order valence-corrected chi connectivity index (χ0v) is 27.2. The molecule has 5 aromatic carbocycles. The number of nitriles is 3. The number of nitrogens with zero attached hydrogens (tertiary/aromatic N) is 4. The Labute approximate surface area is 284 Å². The molecule has 0 fully saturated rings. The molecule has 0 aliphatic carbocycles. The lowest BCUT2D eigenvalue weighted by molar-refractivity contribution is -0.785. The van der Waals surface area contributed by atoms with Crippen molar-refractivity contribution in [2.75, 3.05) is 33.1 Å². The van der Waals surface area contributed by atoms with Crippen molar-refractivity contribution in [3.05, 3.63) is 143 Å². The second-order valence-electron chi connectivity index (χ2n) is 10.4. The second kappa shape index (κ2) is 18.8. The fraction of sp³-hybridized carbons (Fsp3) is 0.105. The van der Waals surface area contributed by atoms with Crippen molar-refractivity contribution in [1.29, 1.82) is 15.8 Å². The standard InChI is InChI=1S/C14H18N2.3C8H5NO2/c1-15(2)12-9-5-7-11-8-6-10-13(14(11)12)16(3)4;3*9-5-6-3-1-2-4-7(6)8(10)11/h5-10H,1-4H3;3*1-4H,(H,10,11). The van der Waals surface area contributed by atoms with Gasteiger partial charge in [-0.1, -0.05) is 66.7 Å². The first-order chi connectivity index (χ1) is 23.4. The summed E-state index contributed by atoms with van der Waals surface area (Å²) < 4.78 is 0. The molecular formula is C38H33N5O6. The van der Waals surface area contributed by atoms with E-state index in [0.29, 0.717) is 0 Å². The highest BCUT2D eigenvalue weighted by Crippen LogP contribution is 2.30. The van der Waals surface area contributed by atoms with Crippen LogP contribution in [-0.2, 0) is 0 Å². The van der Waals surface area contributed by atoms with Gasteiger partial charge in [0.05, 0.1) is 65.0 Å². The topological polar surface area (TPSA) is 194 Å². The molecule has 0 aliphatic rings. The van der Waals surface area contributed by atoms with Crippen molar-refractivity contribution in [1.82, 2.24) is 0 Å². The molecule has 0 aliphatic heterocycles. The zero-order valence-electron chi connectivity index (χ0n) is 27.2. The van der Waals surface area contributed by atoms with Crippen LogP contribution in [0.15, 0.2) is 109 Å². The molecule has 5 rings (SSSR count). The second-order valence-corrected chi connectivity index (χ2v) is 10.4. The van der Waals surface area contributed by atoms with Crippen LogP contribution in [0.4, 0.5) is 11.4 Å². The lowest BCUT2D eigenvalue weighted by Crippen LogP contribution is -3.00. The van der Waals surface area contributed by atoms with Gasteiger partial charge in [0.15, 0.2) is 0 Å². The molecule has 0 saturated carbocycles. The third kappa shape index (κ3) is 10.8. The van der Waals surface area contributed by atoms with Crippen molar-refractivity contribution in [3.63, 3.8) is 0 Å². The van der Waals surface area contributed by atoms with Crippen LogP contribution < -0.4 is 14.9 Å². The van der Waals surface area contributed by atoms with Gasteiger partial charge >= 0.3 is 11.9 Å². The largest absolute Gasteiger partial charge is 0.545 e. The minimum absolute atomic E-state index is 0.0509. The third-order valence-corrected chi connectivity index (χ3v) is 6.73. The number of rotatable bonds is 5. The van der Waals surface area contributed by atoms with Gasteiger partial charge in [-0.05, 0) is 47.9 Å². The number of carbonyl (C=O) groups is 3. The lowest BCUT2D eigenvalue weighted by atomic mass is 10.1.